The number of carbonyl (C=O) groups is 2. The van der Waals surface area contributed by atoms with Gasteiger partial charge < -0.3 is 15.4 Å². The third-order valence-electron chi connectivity index (χ3n) is 1.76. The maximum absolute atomic E-state index is 11.3. The number of nitrogens with one attached hydrogen (secondary N) is 2. The molecule has 1 rings (SSSR count). The molecule has 0 atom stereocenters. The summed E-state index contributed by atoms with van der Waals surface area (Å²) in [7, 11) is 0. The van der Waals surface area contributed by atoms with Gasteiger partial charge in [-0.25, -0.2) is 9.78 Å². The van der Waals surface area contributed by atoms with Crippen LogP contribution in [0.2, 0.25) is 0 Å². The average molecular weight is 257 g/mol. The van der Waals surface area contributed by atoms with Crippen molar-refractivity contribution in [3.8, 4) is 0 Å². The number of rotatable bonds is 6. The Morgan fingerprint density at radius 2 is 2.24 bits per heavy atom. The van der Waals surface area contributed by atoms with Gasteiger partial charge in [0.25, 0.3) is 0 Å². The van der Waals surface area contributed by atoms with Crippen LogP contribution in [0.25, 0.3) is 0 Å². The van der Waals surface area contributed by atoms with Crippen LogP contribution in [0.4, 0.5) is 5.13 Å². The fraction of sp³-hybridized carbons (Fsp3) is 0.500. The molecule has 0 aromatic carbocycles. The Bertz CT molecular complexity index is 392. The fourth-order valence-corrected chi connectivity index (χ4v) is 1.77. The summed E-state index contributed by atoms with van der Waals surface area (Å²) >= 11 is 1.33. The Labute approximate surface area is 103 Å². The second-order valence-corrected chi connectivity index (χ2v) is 4.03. The molecule has 94 valence electrons. The topological polar surface area (TPSA) is 80.3 Å². The van der Waals surface area contributed by atoms with Crippen molar-refractivity contribution in [2.75, 3.05) is 25.0 Å². The molecule has 0 spiro atoms. The summed E-state index contributed by atoms with van der Waals surface area (Å²) in [4.78, 5) is 26.0. The zero-order chi connectivity index (χ0) is 12.7. The third kappa shape index (κ3) is 4.81. The van der Waals surface area contributed by atoms with Crippen LogP contribution in [0.15, 0.2) is 5.38 Å². The molecule has 0 saturated heterocycles. The molecule has 17 heavy (non-hydrogen) atoms. The first-order chi connectivity index (χ1) is 8.13. The second kappa shape index (κ2) is 6.85. The molecule has 1 amide bonds. The van der Waals surface area contributed by atoms with E-state index in [4.69, 9.17) is 4.74 Å². The predicted molar refractivity (Wildman–Crippen MR) is 65.2 cm³/mol. The molecule has 0 aliphatic heterocycles. The molecule has 1 aromatic rings. The van der Waals surface area contributed by atoms with E-state index < -0.39 is 5.97 Å². The Morgan fingerprint density at radius 1 is 1.47 bits per heavy atom. The summed E-state index contributed by atoms with van der Waals surface area (Å²) in [5.41, 5.74) is 0.305. The van der Waals surface area contributed by atoms with Crippen LogP contribution in [-0.4, -0.2) is 36.6 Å². The highest BCUT2D eigenvalue weighted by molar-refractivity contribution is 7.13. The number of anilines is 1. The largest absolute Gasteiger partial charge is 0.461 e. The van der Waals surface area contributed by atoms with E-state index >= 15 is 0 Å². The third-order valence-corrected chi connectivity index (χ3v) is 2.56. The first-order valence-corrected chi connectivity index (χ1v) is 6.12. The molecule has 0 fully saturated rings. The maximum atomic E-state index is 11.3. The van der Waals surface area contributed by atoms with E-state index in [0.717, 1.165) is 0 Å². The number of hydrogen-bond acceptors (Lipinski definition) is 6. The summed E-state index contributed by atoms with van der Waals surface area (Å²) in [5, 5.41) is 7.93. The number of hydrogen-bond donors (Lipinski definition) is 2. The van der Waals surface area contributed by atoms with Crippen LogP contribution in [-0.2, 0) is 9.53 Å². The molecule has 1 aromatic heterocycles. The first-order valence-electron chi connectivity index (χ1n) is 5.24. The standard InChI is InChI=1S/C10H15N3O3S/c1-3-16-9(15)8-6-17-10(13-8)12-5-4-11-7(2)14/h6H,3-5H2,1-2H3,(H,11,14)(H,12,13). The molecule has 0 aliphatic carbocycles. The molecule has 1 heterocycles. The van der Waals surface area contributed by atoms with Crippen molar-refractivity contribution in [1.82, 2.24) is 10.3 Å². The molecular formula is C10H15N3O3S. The van der Waals surface area contributed by atoms with Crippen molar-refractivity contribution in [3.05, 3.63) is 11.1 Å². The normalized spacial score (nSPS) is 9.76. The van der Waals surface area contributed by atoms with Crippen molar-refractivity contribution in [2.45, 2.75) is 13.8 Å². The monoisotopic (exact) mass is 257 g/mol. The van der Waals surface area contributed by atoms with Gasteiger partial charge in [0.1, 0.15) is 0 Å². The Morgan fingerprint density at radius 3 is 2.88 bits per heavy atom. The molecule has 0 saturated carbocycles. The van der Waals surface area contributed by atoms with Gasteiger partial charge in [-0.1, -0.05) is 0 Å². The van der Waals surface area contributed by atoms with Crippen molar-refractivity contribution >= 4 is 28.3 Å². The van der Waals surface area contributed by atoms with E-state index in [0.29, 0.717) is 30.5 Å². The van der Waals surface area contributed by atoms with Gasteiger partial charge in [-0.3, -0.25) is 4.79 Å². The van der Waals surface area contributed by atoms with Crippen LogP contribution in [0.3, 0.4) is 0 Å². The Kier molecular flexibility index (Phi) is 5.41. The highest BCUT2D eigenvalue weighted by Crippen LogP contribution is 2.15. The van der Waals surface area contributed by atoms with Gasteiger partial charge in [-0.15, -0.1) is 11.3 Å². The molecule has 0 unspecified atom stereocenters. The highest BCUT2D eigenvalue weighted by Gasteiger charge is 2.10. The predicted octanol–water partition coefficient (Wildman–Crippen LogP) is 0.868. The van der Waals surface area contributed by atoms with Gasteiger partial charge in [-0.2, -0.15) is 0 Å². The van der Waals surface area contributed by atoms with Crippen LogP contribution < -0.4 is 10.6 Å². The van der Waals surface area contributed by atoms with Gasteiger partial charge in [0.15, 0.2) is 10.8 Å². The van der Waals surface area contributed by atoms with Crippen molar-refractivity contribution in [2.24, 2.45) is 0 Å². The summed E-state index contributed by atoms with van der Waals surface area (Å²) in [6.45, 7) is 4.62. The number of aromatic nitrogens is 1. The Hall–Kier alpha value is -1.63. The molecular weight excluding hydrogens is 242 g/mol. The number of thiazole rings is 1. The lowest BCUT2D eigenvalue weighted by Gasteiger charge is -2.02. The van der Waals surface area contributed by atoms with Gasteiger partial charge >= 0.3 is 5.97 Å². The van der Waals surface area contributed by atoms with Gasteiger partial charge in [0.05, 0.1) is 6.61 Å². The van der Waals surface area contributed by atoms with Crippen molar-refractivity contribution in [1.29, 1.82) is 0 Å². The number of amides is 1. The molecule has 0 bridgehead atoms. The van der Waals surface area contributed by atoms with E-state index in [1.165, 1.54) is 18.3 Å². The van der Waals surface area contributed by atoms with Crippen molar-refractivity contribution < 1.29 is 14.3 Å². The zero-order valence-electron chi connectivity index (χ0n) is 9.78. The van der Waals surface area contributed by atoms with Crippen LogP contribution >= 0.6 is 11.3 Å². The molecule has 0 radical (unpaired) electrons. The van der Waals surface area contributed by atoms with Crippen molar-refractivity contribution in [3.63, 3.8) is 0 Å². The van der Waals surface area contributed by atoms with Gasteiger partial charge in [0.2, 0.25) is 5.91 Å². The average Bonchev–Trinajstić information content (AvgIpc) is 2.73. The SMILES string of the molecule is CCOC(=O)c1csc(NCCNC(C)=O)n1. The van der Waals surface area contributed by atoms with E-state index in [-0.39, 0.29) is 5.91 Å². The van der Waals surface area contributed by atoms with E-state index in [1.807, 2.05) is 0 Å². The van der Waals surface area contributed by atoms with Gasteiger partial charge in [-0.05, 0) is 6.92 Å². The summed E-state index contributed by atoms with van der Waals surface area (Å²) in [6.07, 6.45) is 0. The summed E-state index contributed by atoms with van der Waals surface area (Å²) < 4.78 is 4.82. The quantitative estimate of drug-likeness (QED) is 0.584. The second-order valence-electron chi connectivity index (χ2n) is 3.17. The van der Waals surface area contributed by atoms with Crippen LogP contribution in [0.1, 0.15) is 24.3 Å². The summed E-state index contributed by atoms with van der Waals surface area (Å²) in [5.74, 6) is -0.489. The molecule has 0 aliphatic rings. The lowest BCUT2D eigenvalue weighted by atomic mass is 10.5. The minimum atomic E-state index is -0.418. The Balaban J connectivity index is 2.35. The van der Waals surface area contributed by atoms with Crippen LogP contribution in [0, 0.1) is 0 Å². The number of nitrogens with zero attached hydrogens (tertiary/aromatic N) is 1. The minimum absolute atomic E-state index is 0.0712. The van der Waals surface area contributed by atoms with Crippen LogP contribution in [0.5, 0.6) is 0 Å². The zero-order valence-corrected chi connectivity index (χ0v) is 10.6. The molecule has 7 heteroatoms. The first kappa shape index (κ1) is 13.4. The lowest BCUT2D eigenvalue weighted by Crippen LogP contribution is -2.26. The lowest BCUT2D eigenvalue weighted by molar-refractivity contribution is -0.118. The van der Waals surface area contributed by atoms with E-state index in [9.17, 15) is 9.59 Å². The number of carbonyl (C=O) groups excluding carboxylic acids is 2. The minimum Gasteiger partial charge on any atom is -0.461 e. The number of ether oxygens (including phenoxy) is 1. The smallest absolute Gasteiger partial charge is 0.357 e. The molecule has 6 nitrogen and oxygen atoms in total. The molecule has 2 N–H and O–H groups in total. The van der Waals surface area contributed by atoms with E-state index in [2.05, 4.69) is 15.6 Å². The maximum Gasteiger partial charge on any atom is 0.357 e. The van der Waals surface area contributed by atoms with E-state index in [1.54, 1.807) is 12.3 Å². The number of esters is 1. The van der Waals surface area contributed by atoms with Gasteiger partial charge in [0, 0.05) is 25.4 Å². The fourth-order valence-electron chi connectivity index (χ4n) is 1.06. The summed E-state index contributed by atoms with van der Waals surface area (Å²) in [6, 6.07) is 0. The highest BCUT2D eigenvalue weighted by atomic mass is 32.1.